The van der Waals surface area contributed by atoms with Crippen molar-refractivity contribution in [2.24, 2.45) is 0 Å². The topological polar surface area (TPSA) is 114 Å². The molecule has 22 heavy (non-hydrogen) atoms. The van der Waals surface area contributed by atoms with Crippen molar-refractivity contribution in [1.29, 1.82) is 0 Å². The number of nitrogens with zero attached hydrogens (tertiary/aromatic N) is 4. The van der Waals surface area contributed by atoms with Crippen LogP contribution in [-0.2, 0) is 6.61 Å². The van der Waals surface area contributed by atoms with Gasteiger partial charge in [0.25, 0.3) is 0 Å². The van der Waals surface area contributed by atoms with Gasteiger partial charge in [0, 0.05) is 14.1 Å². The molecule has 0 bridgehead atoms. The van der Waals surface area contributed by atoms with Crippen molar-refractivity contribution in [3.63, 3.8) is 0 Å². The largest absolute Gasteiger partial charge is 0.484 e. The minimum Gasteiger partial charge on any atom is -0.484 e. The fourth-order valence-electron chi connectivity index (χ4n) is 1.58. The van der Waals surface area contributed by atoms with E-state index in [0.29, 0.717) is 22.0 Å². The number of rotatable bonds is 5. The lowest BCUT2D eigenvalue weighted by Crippen LogP contribution is -2.17. The van der Waals surface area contributed by atoms with Crippen LogP contribution in [0, 0.1) is 0 Å². The summed E-state index contributed by atoms with van der Waals surface area (Å²) in [6, 6.07) is 4.48. The minimum atomic E-state index is -1.01. The number of halogens is 1. The van der Waals surface area contributed by atoms with Crippen LogP contribution in [0.1, 0.15) is 16.2 Å². The van der Waals surface area contributed by atoms with Crippen molar-refractivity contribution in [2.45, 2.75) is 6.61 Å². The summed E-state index contributed by atoms with van der Waals surface area (Å²) in [5, 5.41) is 8.91. The van der Waals surface area contributed by atoms with Crippen LogP contribution in [0.25, 0.3) is 0 Å². The van der Waals surface area contributed by atoms with Crippen LogP contribution < -0.4 is 15.4 Å². The number of aromatic carboxylic acids is 1. The first-order valence-corrected chi connectivity index (χ1v) is 6.99. The number of nitrogen functional groups attached to an aromatic ring is 1. The molecule has 0 spiro atoms. The van der Waals surface area contributed by atoms with Crippen LogP contribution in [0.15, 0.2) is 22.7 Å². The Morgan fingerprint density at radius 2 is 2.09 bits per heavy atom. The van der Waals surface area contributed by atoms with E-state index < -0.39 is 5.97 Å². The Morgan fingerprint density at radius 1 is 1.36 bits per heavy atom. The molecule has 1 aromatic heterocycles. The van der Waals surface area contributed by atoms with Crippen molar-refractivity contribution < 1.29 is 14.6 Å². The normalized spacial score (nSPS) is 10.3. The van der Waals surface area contributed by atoms with E-state index in [-0.39, 0.29) is 18.1 Å². The summed E-state index contributed by atoms with van der Waals surface area (Å²) in [5.41, 5.74) is 5.80. The number of carboxylic acid groups (broad SMARTS) is 1. The molecule has 9 heteroatoms. The van der Waals surface area contributed by atoms with Crippen molar-refractivity contribution in [2.75, 3.05) is 24.7 Å². The molecular formula is C13H14BrN5O3. The molecule has 0 aliphatic carbocycles. The molecule has 0 aliphatic rings. The third kappa shape index (κ3) is 3.82. The molecule has 0 saturated heterocycles. The van der Waals surface area contributed by atoms with Gasteiger partial charge in [0.15, 0.2) is 5.82 Å². The molecule has 3 N–H and O–H groups in total. The Morgan fingerprint density at radius 3 is 2.68 bits per heavy atom. The predicted molar refractivity (Wildman–Crippen MR) is 84.0 cm³/mol. The number of hydrogen-bond donors (Lipinski definition) is 2. The van der Waals surface area contributed by atoms with Gasteiger partial charge in [-0.15, -0.1) is 0 Å². The number of benzene rings is 1. The molecule has 2 rings (SSSR count). The van der Waals surface area contributed by atoms with Crippen LogP contribution >= 0.6 is 15.9 Å². The van der Waals surface area contributed by atoms with E-state index in [1.807, 2.05) is 0 Å². The van der Waals surface area contributed by atoms with E-state index in [1.165, 1.54) is 12.1 Å². The van der Waals surface area contributed by atoms with E-state index in [9.17, 15) is 4.79 Å². The fraction of sp³-hybridized carbons (Fsp3) is 0.231. The summed E-state index contributed by atoms with van der Waals surface area (Å²) in [6.07, 6.45) is 0. The van der Waals surface area contributed by atoms with E-state index in [2.05, 4.69) is 30.9 Å². The number of ether oxygens (including phenoxy) is 1. The van der Waals surface area contributed by atoms with Crippen molar-refractivity contribution in [3.8, 4) is 5.75 Å². The van der Waals surface area contributed by atoms with E-state index in [1.54, 1.807) is 25.1 Å². The first-order valence-electron chi connectivity index (χ1n) is 6.20. The zero-order valence-electron chi connectivity index (χ0n) is 11.9. The molecular weight excluding hydrogens is 354 g/mol. The first-order chi connectivity index (χ1) is 10.4. The molecule has 0 amide bonds. The second kappa shape index (κ2) is 6.56. The van der Waals surface area contributed by atoms with Gasteiger partial charge in [-0.1, -0.05) is 0 Å². The number of aromatic nitrogens is 3. The zero-order chi connectivity index (χ0) is 16.3. The van der Waals surface area contributed by atoms with Crippen LogP contribution in [0.4, 0.5) is 11.9 Å². The second-order valence-electron chi connectivity index (χ2n) is 4.54. The molecule has 0 saturated carbocycles. The maximum atomic E-state index is 10.9. The number of anilines is 2. The van der Waals surface area contributed by atoms with Crippen molar-refractivity contribution in [1.82, 2.24) is 15.0 Å². The highest BCUT2D eigenvalue weighted by Gasteiger charge is 2.10. The van der Waals surface area contributed by atoms with Crippen molar-refractivity contribution in [3.05, 3.63) is 34.1 Å². The molecule has 0 aliphatic heterocycles. The summed E-state index contributed by atoms with van der Waals surface area (Å²) in [5.74, 6) is 0.401. The molecule has 0 fully saturated rings. The third-order valence-electron chi connectivity index (χ3n) is 2.62. The average Bonchev–Trinajstić information content (AvgIpc) is 2.45. The summed E-state index contributed by atoms with van der Waals surface area (Å²) in [7, 11) is 3.58. The second-order valence-corrected chi connectivity index (χ2v) is 5.40. The molecule has 1 aromatic carbocycles. The molecule has 2 aromatic rings. The summed E-state index contributed by atoms with van der Waals surface area (Å²) >= 11 is 3.27. The Kier molecular flexibility index (Phi) is 4.76. The molecule has 0 atom stereocenters. The van der Waals surface area contributed by atoms with E-state index in [4.69, 9.17) is 15.6 Å². The Balaban J connectivity index is 2.15. The summed E-state index contributed by atoms with van der Waals surface area (Å²) < 4.78 is 6.11. The lowest BCUT2D eigenvalue weighted by Gasteiger charge is -2.12. The molecule has 8 nitrogen and oxygen atoms in total. The summed E-state index contributed by atoms with van der Waals surface area (Å²) in [6.45, 7) is 0.0819. The van der Waals surface area contributed by atoms with Crippen LogP contribution in [0.2, 0.25) is 0 Å². The van der Waals surface area contributed by atoms with Crippen LogP contribution in [0.5, 0.6) is 5.75 Å². The van der Waals surface area contributed by atoms with Gasteiger partial charge in [0.05, 0.1) is 10.0 Å². The maximum absolute atomic E-state index is 10.9. The van der Waals surface area contributed by atoms with Crippen LogP contribution in [-0.4, -0.2) is 40.1 Å². The lowest BCUT2D eigenvalue weighted by molar-refractivity contribution is 0.0696. The van der Waals surface area contributed by atoms with Gasteiger partial charge in [0.1, 0.15) is 12.4 Å². The lowest BCUT2D eigenvalue weighted by atomic mass is 10.2. The quantitative estimate of drug-likeness (QED) is 0.817. The molecule has 116 valence electrons. The number of carbonyl (C=O) groups is 1. The summed E-state index contributed by atoms with van der Waals surface area (Å²) in [4.78, 5) is 24.8. The van der Waals surface area contributed by atoms with Crippen LogP contribution in [0.3, 0.4) is 0 Å². The van der Waals surface area contributed by atoms with Gasteiger partial charge in [0.2, 0.25) is 11.9 Å². The third-order valence-corrected chi connectivity index (χ3v) is 3.24. The molecule has 0 radical (unpaired) electrons. The number of nitrogens with two attached hydrogens (primary N) is 1. The predicted octanol–water partition coefficient (Wildman–Crippen LogP) is 1.56. The molecule has 1 heterocycles. The SMILES string of the molecule is CN(C)c1nc(N)nc(COc2ccc(C(=O)O)cc2Br)n1. The van der Waals surface area contributed by atoms with E-state index in [0.717, 1.165) is 0 Å². The van der Waals surface area contributed by atoms with Gasteiger partial charge < -0.3 is 20.5 Å². The highest BCUT2D eigenvalue weighted by Crippen LogP contribution is 2.26. The van der Waals surface area contributed by atoms with Gasteiger partial charge >= 0.3 is 5.97 Å². The van der Waals surface area contributed by atoms with Gasteiger partial charge in [-0.3, -0.25) is 0 Å². The van der Waals surface area contributed by atoms with E-state index >= 15 is 0 Å². The zero-order valence-corrected chi connectivity index (χ0v) is 13.5. The Labute approximate surface area is 135 Å². The first kappa shape index (κ1) is 16.0. The van der Waals surface area contributed by atoms with Crippen molar-refractivity contribution >= 4 is 33.8 Å². The Hall–Kier alpha value is -2.42. The molecule has 0 unspecified atom stereocenters. The highest BCUT2D eigenvalue weighted by molar-refractivity contribution is 9.10. The van der Waals surface area contributed by atoms with Gasteiger partial charge in [-0.25, -0.2) is 4.79 Å². The maximum Gasteiger partial charge on any atom is 0.335 e. The van der Waals surface area contributed by atoms with Gasteiger partial charge in [-0.2, -0.15) is 15.0 Å². The smallest absolute Gasteiger partial charge is 0.335 e. The Bertz CT molecular complexity index is 708. The average molecular weight is 368 g/mol. The standard InChI is InChI=1S/C13H14BrN5O3/c1-19(2)13-17-10(16-12(15)18-13)6-22-9-4-3-7(11(20)21)5-8(9)14/h3-5H,6H2,1-2H3,(H,20,21)(H2,15,16,17,18). The monoisotopic (exact) mass is 367 g/mol. The number of carboxylic acids is 1. The number of hydrogen-bond acceptors (Lipinski definition) is 7. The fourth-order valence-corrected chi connectivity index (χ4v) is 2.08. The van der Waals surface area contributed by atoms with Gasteiger partial charge in [-0.05, 0) is 34.1 Å². The minimum absolute atomic E-state index is 0.0819. The highest BCUT2D eigenvalue weighted by atomic mass is 79.9.